The Morgan fingerprint density at radius 2 is 1.67 bits per heavy atom. The molecule has 1 heterocycles. The number of aromatic nitrogens is 2. The molecule has 3 nitrogen and oxygen atoms in total. The van der Waals surface area contributed by atoms with Crippen LogP contribution in [0.3, 0.4) is 0 Å². The maximum atomic E-state index is 10.6. The van der Waals surface area contributed by atoms with Gasteiger partial charge in [-0.3, -0.25) is 0 Å². The minimum Gasteiger partial charge on any atom is -0.492 e. The zero-order valence-corrected chi connectivity index (χ0v) is 15.0. The van der Waals surface area contributed by atoms with Gasteiger partial charge in [0.25, 0.3) is 0 Å². The van der Waals surface area contributed by atoms with E-state index in [9.17, 15) is 5.11 Å². The van der Waals surface area contributed by atoms with Crippen molar-refractivity contribution in [2.45, 2.75) is 40.0 Å². The Kier molecular flexibility index (Phi) is 3.96. The fourth-order valence-electron chi connectivity index (χ4n) is 3.13. The first-order chi connectivity index (χ1) is 11.3. The van der Waals surface area contributed by atoms with Crippen LogP contribution in [0.25, 0.3) is 16.9 Å². The van der Waals surface area contributed by atoms with E-state index in [0.717, 1.165) is 28.1 Å². The smallest absolute Gasteiger partial charge is 0.235 e. The van der Waals surface area contributed by atoms with Crippen molar-refractivity contribution in [1.29, 1.82) is 0 Å². The van der Waals surface area contributed by atoms with Gasteiger partial charge in [0.2, 0.25) is 5.88 Å². The third-order valence-electron chi connectivity index (χ3n) is 4.25. The molecule has 124 valence electrons. The van der Waals surface area contributed by atoms with Crippen molar-refractivity contribution >= 4 is 0 Å². The van der Waals surface area contributed by atoms with Crippen LogP contribution in [0.4, 0.5) is 0 Å². The molecule has 0 aliphatic heterocycles. The standard InChI is InChI=1S/C21H24N2O/c1-14-9-8-11-16(13-14)19-18(21(3,4)5)20(24)22-23(19)17-12-7-6-10-15(17)2/h6-13H,1-5H3,(H,22,24). The summed E-state index contributed by atoms with van der Waals surface area (Å²) in [7, 11) is 0. The Bertz CT molecular complexity index is 885. The normalized spacial score (nSPS) is 11.7. The summed E-state index contributed by atoms with van der Waals surface area (Å²) in [6, 6.07) is 16.4. The Labute approximate surface area is 143 Å². The molecule has 1 aromatic heterocycles. The predicted molar refractivity (Wildman–Crippen MR) is 98.8 cm³/mol. The lowest BCUT2D eigenvalue weighted by atomic mass is 9.85. The molecule has 0 unspecified atom stereocenters. The highest BCUT2D eigenvalue weighted by atomic mass is 16.3. The lowest BCUT2D eigenvalue weighted by Gasteiger charge is -2.20. The van der Waals surface area contributed by atoms with Crippen molar-refractivity contribution in [3.8, 4) is 22.8 Å². The Balaban J connectivity index is 2.38. The van der Waals surface area contributed by atoms with E-state index in [4.69, 9.17) is 0 Å². The average molecular weight is 320 g/mol. The number of aromatic hydroxyl groups is 1. The molecule has 0 atom stereocenters. The summed E-state index contributed by atoms with van der Waals surface area (Å²) < 4.78 is 1.88. The Morgan fingerprint density at radius 3 is 2.29 bits per heavy atom. The molecule has 3 rings (SSSR count). The lowest BCUT2D eigenvalue weighted by Crippen LogP contribution is -2.13. The van der Waals surface area contributed by atoms with Crippen molar-refractivity contribution in [2.24, 2.45) is 0 Å². The quantitative estimate of drug-likeness (QED) is 0.708. The van der Waals surface area contributed by atoms with Crippen molar-refractivity contribution in [3.63, 3.8) is 0 Å². The molecular formula is C21H24N2O. The van der Waals surface area contributed by atoms with Crippen LogP contribution in [0.1, 0.15) is 37.5 Å². The van der Waals surface area contributed by atoms with Crippen LogP contribution in [0.2, 0.25) is 0 Å². The van der Waals surface area contributed by atoms with Gasteiger partial charge in [0.05, 0.1) is 11.4 Å². The summed E-state index contributed by atoms with van der Waals surface area (Å²) in [6.45, 7) is 10.4. The zero-order valence-electron chi connectivity index (χ0n) is 15.0. The van der Waals surface area contributed by atoms with Gasteiger partial charge in [0.1, 0.15) is 0 Å². The molecule has 3 aromatic rings. The molecule has 0 amide bonds. The number of rotatable bonds is 2. The number of benzene rings is 2. The third kappa shape index (κ3) is 2.82. The monoisotopic (exact) mass is 320 g/mol. The van der Waals surface area contributed by atoms with Gasteiger partial charge in [-0.15, -0.1) is 5.10 Å². The second-order valence-electron chi connectivity index (χ2n) is 7.36. The predicted octanol–water partition coefficient (Wildman–Crippen LogP) is 5.16. The van der Waals surface area contributed by atoms with E-state index in [1.165, 1.54) is 5.56 Å². The van der Waals surface area contributed by atoms with Crippen LogP contribution in [0.5, 0.6) is 5.88 Å². The molecule has 0 spiro atoms. The molecule has 0 fully saturated rings. The SMILES string of the molecule is Cc1cccc(-c2c(C(C)(C)C)c(O)nn2-c2ccccc2C)c1. The van der Waals surface area contributed by atoms with Gasteiger partial charge < -0.3 is 5.11 Å². The van der Waals surface area contributed by atoms with Crippen LogP contribution in [-0.2, 0) is 5.41 Å². The van der Waals surface area contributed by atoms with Gasteiger partial charge >= 0.3 is 0 Å². The van der Waals surface area contributed by atoms with Crippen LogP contribution in [0.15, 0.2) is 48.5 Å². The number of nitrogens with zero attached hydrogens (tertiary/aromatic N) is 2. The summed E-state index contributed by atoms with van der Waals surface area (Å²) in [5.41, 5.74) is 5.97. The van der Waals surface area contributed by atoms with Gasteiger partial charge in [0, 0.05) is 11.1 Å². The van der Waals surface area contributed by atoms with E-state index < -0.39 is 0 Å². The molecule has 0 saturated heterocycles. The number of aryl methyl sites for hydroxylation is 2. The largest absolute Gasteiger partial charge is 0.492 e. The lowest BCUT2D eigenvalue weighted by molar-refractivity contribution is 0.427. The number of hydrogen-bond acceptors (Lipinski definition) is 2. The van der Waals surface area contributed by atoms with E-state index in [1.54, 1.807) is 0 Å². The van der Waals surface area contributed by atoms with Crippen LogP contribution in [-0.4, -0.2) is 14.9 Å². The minimum absolute atomic E-state index is 0.0993. The molecule has 3 heteroatoms. The summed E-state index contributed by atoms with van der Waals surface area (Å²) in [5.74, 6) is 0.0993. The first-order valence-electron chi connectivity index (χ1n) is 8.24. The number of para-hydroxylation sites is 1. The van der Waals surface area contributed by atoms with E-state index in [-0.39, 0.29) is 11.3 Å². The molecule has 0 aliphatic carbocycles. The Hall–Kier alpha value is -2.55. The molecule has 0 saturated carbocycles. The van der Waals surface area contributed by atoms with Crippen LogP contribution < -0.4 is 0 Å². The second-order valence-corrected chi connectivity index (χ2v) is 7.36. The molecule has 1 N–H and O–H groups in total. The zero-order chi connectivity index (χ0) is 17.5. The topological polar surface area (TPSA) is 38.1 Å². The molecule has 24 heavy (non-hydrogen) atoms. The highest BCUT2D eigenvalue weighted by Gasteiger charge is 2.29. The molecule has 0 bridgehead atoms. The van der Waals surface area contributed by atoms with Crippen molar-refractivity contribution < 1.29 is 5.11 Å². The molecular weight excluding hydrogens is 296 g/mol. The van der Waals surface area contributed by atoms with E-state index in [2.05, 4.69) is 64.0 Å². The Morgan fingerprint density at radius 1 is 0.958 bits per heavy atom. The fraction of sp³-hybridized carbons (Fsp3) is 0.286. The summed E-state index contributed by atoms with van der Waals surface area (Å²) in [4.78, 5) is 0. The average Bonchev–Trinajstić information content (AvgIpc) is 2.85. The molecule has 0 aliphatic rings. The summed E-state index contributed by atoms with van der Waals surface area (Å²) in [5, 5.41) is 15.1. The van der Waals surface area contributed by atoms with Gasteiger partial charge in [0.15, 0.2) is 0 Å². The van der Waals surface area contributed by atoms with Gasteiger partial charge in [-0.25, -0.2) is 4.68 Å². The van der Waals surface area contributed by atoms with E-state index >= 15 is 0 Å². The van der Waals surface area contributed by atoms with E-state index in [1.807, 2.05) is 28.9 Å². The maximum absolute atomic E-state index is 10.6. The highest BCUT2D eigenvalue weighted by Crippen LogP contribution is 2.40. The summed E-state index contributed by atoms with van der Waals surface area (Å²) in [6.07, 6.45) is 0. The number of hydrogen-bond donors (Lipinski definition) is 1. The maximum Gasteiger partial charge on any atom is 0.235 e. The third-order valence-corrected chi connectivity index (χ3v) is 4.25. The van der Waals surface area contributed by atoms with Crippen LogP contribution in [0, 0.1) is 13.8 Å². The van der Waals surface area contributed by atoms with Gasteiger partial charge in [-0.05, 0) is 37.0 Å². The highest BCUT2D eigenvalue weighted by molar-refractivity contribution is 5.70. The summed E-state index contributed by atoms with van der Waals surface area (Å²) >= 11 is 0. The molecule has 2 aromatic carbocycles. The minimum atomic E-state index is -0.218. The van der Waals surface area contributed by atoms with Gasteiger partial charge in [-0.2, -0.15) is 0 Å². The van der Waals surface area contributed by atoms with Gasteiger partial charge in [-0.1, -0.05) is 62.7 Å². The fourth-order valence-corrected chi connectivity index (χ4v) is 3.13. The first kappa shape index (κ1) is 16.3. The second kappa shape index (κ2) is 5.82. The molecule has 0 radical (unpaired) electrons. The van der Waals surface area contributed by atoms with Crippen LogP contribution >= 0.6 is 0 Å². The van der Waals surface area contributed by atoms with Crippen molar-refractivity contribution in [3.05, 3.63) is 65.2 Å². The van der Waals surface area contributed by atoms with Crippen molar-refractivity contribution in [1.82, 2.24) is 9.78 Å². The van der Waals surface area contributed by atoms with Crippen molar-refractivity contribution in [2.75, 3.05) is 0 Å². The first-order valence-corrected chi connectivity index (χ1v) is 8.24. The van der Waals surface area contributed by atoms with E-state index in [0.29, 0.717) is 0 Å².